The molecule has 1 amide bonds. The van der Waals surface area contributed by atoms with Crippen molar-refractivity contribution in [2.75, 3.05) is 6.61 Å². The van der Waals surface area contributed by atoms with Crippen LogP contribution in [-0.2, 0) is 0 Å². The maximum atomic E-state index is 12.0. The number of carbonyl (C=O) groups is 1. The number of benzene rings is 2. The third-order valence-electron chi connectivity index (χ3n) is 3.57. The molecule has 0 aliphatic rings. The lowest BCUT2D eigenvalue weighted by molar-refractivity contribution is 0.0926. The zero-order valence-electron chi connectivity index (χ0n) is 13.7. The molecule has 0 aliphatic carbocycles. The van der Waals surface area contributed by atoms with E-state index < -0.39 is 5.91 Å². The number of nitrogens with one attached hydrogen (secondary N) is 1. The summed E-state index contributed by atoms with van der Waals surface area (Å²) in [5.74, 6) is 3.49. The predicted molar refractivity (Wildman–Crippen MR) is 96.8 cm³/mol. The molecule has 5 heteroatoms. The molecule has 0 unspecified atom stereocenters. The van der Waals surface area contributed by atoms with Gasteiger partial charge in [0, 0.05) is 5.56 Å². The summed E-state index contributed by atoms with van der Waals surface area (Å²) in [7, 11) is 0. The molecule has 0 spiro atoms. The number of hydrazone groups is 1. The van der Waals surface area contributed by atoms with Crippen LogP contribution in [0.1, 0.15) is 21.9 Å². The molecule has 3 aromatic rings. The van der Waals surface area contributed by atoms with Crippen LogP contribution in [0, 0.1) is 19.3 Å². The Kier molecular flexibility index (Phi) is 4.82. The van der Waals surface area contributed by atoms with Gasteiger partial charge in [0.25, 0.3) is 0 Å². The molecule has 0 fully saturated rings. The number of hydrogen-bond acceptors (Lipinski definition) is 4. The van der Waals surface area contributed by atoms with E-state index in [-0.39, 0.29) is 12.4 Å². The van der Waals surface area contributed by atoms with Crippen LogP contribution in [0.5, 0.6) is 5.75 Å². The van der Waals surface area contributed by atoms with Crippen LogP contribution in [0.25, 0.3) is 10.8 Å². The Balaban J connectivity index is 1.88. The molecule has 3 rings (SSSR count). The molecular formula is C20H16N2O3. The minimum Gasteiger partial charge on any atom is -0.480 e. The molecule has 0 saturated carbocycles. The average Bonchev–Trinajstić information content (AvgIpc) is 3.07. The number of furan rings is 1. The molecule has 0 aliphatic heterocycles. The van der Waals surface area contributed by atoms with E-state index in [1.807, 2.05) is 36.4 Å². The van der Waals surface area contributed by atoms with E-state index in [9.17, 15) is 4.79 Å². The van der Waals surface area contributed by atoms with Crippen molar-refractivity contribution in [3.63, 3.8) is 0 Å². The second-order valence-electron chi connectivity index (χ2n) is 5.30. The molecule has 2 aromatic carbocycles. The number of aryl methyl sites for hydroxylation is 1. The number of fused-ring (bicyclic) bond motifs is 1. The van der Waals surface area contributed by atoms with Crippen molar-refractivity contribution in [3.8, 4) is 18.1 Å². The summed E-state index contributed by atoms with van der Waals surface area (Å²) in [5.41, 5.74) is 3.19. The summed E-state index contributed by atoms with van der Waals surface area (Å²) < 4.78 is 10.8. The molecule has 124 valence electrons. The van der Waals surface area contributed by atoms with Crippen molar-refractivity contribution in [3.05, 3.63) is 65.6 Å². The Morgan fingerprint density at radius 2 is 2.12 bits per heavy atom. The summed E-state index contributed by atoms with van der Waals surface area (Å²) in [6.07, 6.45) is 6.81. The van der Waals surface area contributed by atoms with Crippen LogP contribution in [-0.4, -0.2) is 18.7 Å². The van der Waals surface area contributed by atoms with E-state index in [1.165, 1.54) is 0 Å². The first-order valence-corrected chi connectivity index (χ1v) is 7.67. The third-order valence-corrected chi connectivity index (χ3v) is 3.57. The molecule has 1 heterocycles. The van der Waals surface area contributed by atoms with Crippen molar-refractivity contribution in [1.82, 2.24) is 5.43 Å². The van der Waals surface area contributed by atoms with Crippen molar-refractivity contribution in [1.29, 1.82) is 0 Å². The standard InChI is InChI=1S/C20H16N2O3/c1-3-12-24-18-11-9-15-6-4-5-7-16(15)17(18)13-21-22-20(23)19-10-8-14(2)25-19/h1,4-11,13H,12H2,2H3,(H,22,23). The fourth-order valence-electron chi connectivity index (χ4n) is 2.42. The zero-order chi connectivity index (χ0) is 17.6. The average molecular weight is 332 g/mol. The van der Waals surface area contributed by atoms with Gasteiger partial charge in [0.2, 0.25) is 0 Å². The molecule has 0 saturated heterocycles. The van der Waals surface area contributed by atoms with E-state index in [0.29, 0.717) is 11.5 Å². The van der Waals surface area contributed by atoms with E-state index in [1.54, 1.807) is 25.3 Å². The number of rotatable bonds is 5. The Labute approximate surface area is 145 Å². The quantitative estimate of drug-likeness (QED) is 0.442. The van der Waals surface area contributed by atoms with E-state index in [4.69, 9.17) is 15.6 Å². The first-order chi connectivity index (χ1) is 12.2. The minimum absolute atomic E-state index is 0.150. The number of terminal acetylenes is 1. The van der Waals surface area contributed by atoms with Crippen LogP contribution < -0.4 is 10.2 Å². The lowest BCUT2D eigenvalue weighted by Gasteiger charge is -2.09. The molecular weight excluding hydrogens is 316 g/mol. The van der Waals surface area contributed by atoms with E-state index in [0.717, 1.165) is 16.3 Å². The van der Waals surface area contributed by atoms with Crippen molar-refractivity contribution in [2.24, 2.45) is 5.10 Å². The van der Waals surface area contributed by atoms with Gasteiger partial charge in [-0.2, -0.15) is 5.10 Å². The van der Waals surface area contributed by atoms with E-state index >= 15 is 0 Å². The number of carbonyl (C=O) groups excluding carboxylic acids is 1. The highest BCUT2D eigenvalue weighted by Gasteiger charge is 2.10. The van der Waals surface area contributed by atoms with Gasteiger partial charge in [0.15, 0.2) is 5.76 Å². The maximum Gasteiger partial charge on any atom is 0.307 e. The maximum absolute atomic E-state index is 12.0. The number of amides is 1. The largest absolute Gasteiger partial charge is 0.480 e. The second kappa shape index (κ2) is 7.37. The Morgan fingerprint density at radius 3 is 2.88 bits per heavy atom. The van der Waals surface area contributed by atoms with Gasteiger partial charge >= 0.3 is 5.91 Å². The SMILES string of the molecule is C#CCOc1ccc2ccccc2c1C=NNC(=O)c1ccc(C)o1. The van der Waals surface area contributed by atoms with Gasteiger partial charge in [-0.15, -0.1) is 6.42 Å². The fraction of sp³-hybridized carbons (Fsp3) is 0.100. The highest BCUT2D eigenvalue weighted by atomic mass is 16.5. The summed E-state index contributed by atoms with van der Waals surface area (Å²) >= 11 is 0. The monoisotopic (exact) mass is 332 g/mol. The molecule has 0 bridgehead atoms. The van der Waals surface area contributed by atoms with Gasteiger partial charge < -0.3 is 9.15 Å². The minimum atomic E-state index is -0.421. The third kappa shape index (κ3) is 3.70. The van der Waals surface area contributed by atoms with Gasteiger partial charge in [-0.3, -0.25) is 4.79 Å². The van der Waals surface area contributed by atoms with Crippen LogP contribution >= 0.6 is 0 Å². The Bertz CT molecular complexity index is 980. The molecule has 1 aromatic heterocycles. The Morgan fingerprint density at radius 1 is 1.28 bits per heavy atom. The van der Waals surface area contributed by atoms with Gasteiger partial charge in [-0.25, -0.2) is 5.43 Å². The van der Waals surface area contributed by atoms with Crippen molar-refractivity contribution in [2.45, 2.75) is 6.92 Å². The van der Waals surface area contributed by atoms with Crippen molar-refractivity contribution >= 4 is 22.9 Å². The summed E-state index contributed by atoms with van der Waals surface area (Å²) in [6, 6.07) is 14.9. The summed E-state index contributed by atoms with van der Waals surface area (Å²) in [5, 5.41) is 6.01. The molecule has 0 atom stereocenters. The normalized spacial score (nSPS) is 10.7. The lowest BCUT2D eigenvalue weighted by Crippen LogP contribution is -2.16. The topological polar surface area (TPSA) is 63.8 Å². The highest BCUT2D eigenvalue weighted by molar-refractivity contribution is 6.03. The van der Waals surface area contributed by atoms with Crippen LogP contribution in [0.3, 0.4) is 0 Å². The van der Waals surface area contributed by atoms with Gasteiger partial charge in [-0.05, 0) is 35.9 Å². The van der Waals surface area contributed by atoms with Crippen LogP contribution in [0.15, 0.2) is 58.0 Å². The second-order valence-corrected chi connectivity index (χ2v) is 5.30. The lowest BCUT2D eigenvalue weighted by atomic mass is 10.0. The first kappa shape index (κ1) is 16.3. The predicted octanol–water partition coefficient (Wildman–Crippen LogP) is 3.52. The smallest absolute Gasteiger partial charge is 0.307 e. The number of hydrogen-bond donors (Lipinski definition) is 1. The number of ether oxygens (including phenoxy) is 1. The highest BCUT2D eigenvalue weighted by Crippen LogP contribution is 2.26. The first-order valence-electron chi connectivity index (χ1n) is 7.67. The molecule has 25 heavy (non-hydrogen) atoms. The van der Waals surface area contributed by atoms with E-state index in [2.05, 4.69) is 16.4 Å². The van der Waals surface area contributed by atoms with Crippen LogP contribution in [0.4, 0.5) is 0 Å². The summed E-state index contributed by atoms with van der Waals surface area (Å²) in [4.78, 5) is 12.0. The zero-order valence-corrected chi connectivity index (χ0v) is 13.7. The molecule has 1 N–H and O–H groups in total. The molecule has 5 nitrogen and oxygen atoms in total. The van der Waals surface area contributed by atoms with Gasteiger partial charge in [0.05, 0.1) is 6.21 Å². The Hall–Kier alpha value is -3.52. The van der Waals surface area contributed by atoms with Crippen molar-refractivity contribution < 1.29 is 13.9 Å². The number of nitrogens with zero attached hydrogens (tertiary/aromatic N) is 1. The fourth-order valence-corrected chi connectivity index (χ4v) is 2.42. The summed E-state index contributed by atoms with van der Waals surface area (Å²) in [6.45, 7) is 1.92. The van der Waals surface area contributed by atoms with Gasteiger partial charge in [-0.1, -0.05) is 36.3 Å². The van der Waals surface area contributed by atoms with Crippen LogP contribution in [0.2, 0.25) is 0 Å². The van der Waals surface area contributed by atoms with Gasteiger partial charge in [0.1, 0.15) is 18.1 Å². The molecule has 0 radical (unpaired) electrons.